The Morgan fingerprint density at radius 3 is 2.45 bits per heavy atom. The van der Waals surface area contributed by atoms with E-state index >= 15 is 0 Å². The molecule has 1 aromatic heterocycles. The SMILES string of the molecule is O=C(NC1CCCCCC1)C1CN(C(=O)c2cnccn2)C1. The first-order valence-corrected chi connectivity index (χ1v) is 8.09. The zero-order valence-corrected chi connectivity index (χ0v) is 12.7. The molecule has 1 saturated heterocycles. The fourth-order valence-corrected chi connectivity index (χ4v) is 3.12. The van der Waals surface area contributed by atoms with Gasteiger partial charge in [0, 0.05) is 31.5 Å². The van der Waals surface area contributed by atoms with E-state index in [0.29, 0.717) is 24.8 Å². The second-order valence-corrected chi connectivity index (χ2v) is 6.19. The Morgan fingerprint density at radius 1 is 1.09 bits per heavy atom. The highest BCUT2D eigenvalue weighted by atomic mass is 16.2. The Bertz CT molecular complexity index is 520. The maximum atomic E-state index is 12.2. The molecule has 2 aliphatic rings. The fraction of sp³-hybridized carbons (Fsp3) is 0.625. The van der Waals surface area contributed by atoms with Gasteiger partial charge in [-0.15, -0.1) is 0 Å². The van der Waals surface area contributed by atoms with Crippen molar-refractivity contribution >= 4 is 11.8 Å². The van der Waals surface area contributed by atoms with Gasteiger partial charge in [0.2, 0.25) is 5.91 Å². The van der Waals surface area contributed by atoms with E-state index in [-0.39, 0.29) is 17.7 Å². The molecule has 1 aliphatic heterocycles. The molecule has 2 heterocycles. The van der Waals surface area contributed by atoms with Crippen LogP contribution in [0.1, 0.15) is 49.0 Å². The van der Waals surface area contributed by atoms with E-state index in [1.54, 1.807) is 4.90 Å². The van der Waals surface area contributed by atoms with Gasteiger partial charge in [-0.1, -0.05) is 25.7 Å². The van der Waals surface area contributed by atoms with E-state index in [2.05, 4.69) is 15.3 Å². The van der Waals surface area contributed by atoms with Crippen LogP contribution >= 0.6 is 0 Å². The maximum Gasteiger partial charge on any atom is 0.274 e. The van der Waals surface area contributed by atoms with Crippen LogP contribution in [0.15, 0.2) is 18.6 Å². The molecule has 1 aromatic rings. The zero-order valence-electron chi connectivity index (χ0n) is 12.7. The highest BCUT2D eigenvalue weighted by Gasteiger charge is 2.37. The minimum Gasteiger partial charge on any atom is -0.353 e. The smallest absolute Gasteiger partial charge is 0.274 e. The second kappa shape index (κ2) is 6.85. The average molecular weight is 302 g/mol. The number of rotatable bonds is 3. The summed E-state index contributed by atoms with van der Waals surface area (Å²) in [6.07, 6.45) is 11.6. The van der Waals surface area contributed by atoms with Crippen LogP contribution in [0.5, 0.6) is 0 Å². The number of likely N-dealkylation sites (tertiary alicyclic amines) is 1. The van der Waals surface area contributed by atoms with Crippen molar-refractivity contribution in [3.05, 3.63) is 24.3 Å². The molecule has 0 unspecified atom stereocenters. The monoisotopic (exact) mass is 302 g/mol. The molecule has 6 heteroatoms. The summed E-state index contributed by atoms with van der Waals surface area (Å²) in [4.78, 5) is 33.9. The third kappa shape index (κ3) is 3.43. The Balaban J connectivity index is 1.46. The highest BCUT2D eigenvalue weighted by molar-refractivity contribution is 5.94. The van der Waals surface area contributed by atoms with Crippen molar-refractivity contribution in [1.29, 1.82) is 0 Å². The number of aromatic nitrogens is 2. The topological polar surface area (TPSA) is 75.2 Å². The number of hydrogen-bond acceptors (Lipinski definition) is 4. The van der Waals surface area contributed by atoms with E-state index in [1.165, 1.54) is 44.3 Å². The Morgan fingerprint density at radius 2 is 1.82 bits per heavy atom. The minimum atomic E-state index is -0.147. The number of nitrogens with zero attached hydrogens (tertiary/aromatic N) is 3. The quantitative estimate of drug-likeness (QED) is 0.856. The standard InChI is InChI=1S/C16H22N4O2/c21-15(19-13-5-3-1-2-4-6-13)12-10-20(11-12)16(22)14-9-17-7-8-18-14/h7-9,12-13H,1-6,10-11H2,(H,19,21). The molecule has 1 N–H and O–H groups in total. The first kappa shape index (κ1) is 14.9. The molecular weight excluding hydrogens is 280 g/mol. The van der Waals surface area contributed by atoms with Crippen LogP contribution in [0, 0.1) is 5.92 Å². The molecule has 0 aromatic carbocycles. The van der Waals surface area contributed by atoms with Gasteiger partial charge < -0.3 is 10.2 Å². The molecule has 2 amide bonds. The molecule has 3 rings (SSSR count). The van der Waals surface area contributed by atoms with E-state index in [4.69, 9.17) is 0 Å². The van der Waals surface area contributed by atoms with Crippen molar-refractivity contribution in [1.82, 2.24) is 20.2 Å². The normalized spacial score (nSPS) is 20.1. The summed E-state index contributed by atoms with van der Waals surface area (Å²) in [6, 6.07) is 0.319. The number of carbonyl (C=O) groups is 2. The van der Waals surface area contributed by atoms with Gasteiger partial charge in [-0.3, -0.25) is 14.6 Å². The molecule has 0 spiro atoms. The van der Waals surface area contributed by atoms with Crippen LogP contribution in [0.3, 0.4) is 0 Å². The van der Waals surface area contributed by atoms with E-state index in [9.17, 15) is 9.59 Å². The molecule has 118 valence electrons. The van der Waals surface area contributed by atoms with Gasteiger partial charge in [0.25, 0.3) is 5.91 Å². The molecule has 0 atom stereocenters. The predicted molar refractivity (Wildman–Crippen MR) is 81.1 cm³/mol. The predicted octanol–water partition coefficient (Wildman–Crippen LogP) is 1.39. The van der Waals surface area contributed by atoms with Crippen molar-refractivity contribution in [3.8, 4) is 0 Å². The molecule has 0 bridgehead atoms. The second-order valence-electron chi connectivity index (χ2n) is 6.19. The van der Waals surface area contributed by atoms with Crippen LogP contribution in [-0.2, 0) is 4.79 Å². The van der Waals surface area contributed by atoms with Crippen LogP contribution in [0.25, 0.3) is 0 Å². The van der Waals surface area contributed by atoms with Gasteiger partial charge in [0.1, 0.15) is 5.69 Å². The average Bonchev–Trinajstić information content (AvgIpc) is 2.75. The lowest BCUT2D eigenvalue weighted by Gasteiger charge is -2.38. The van der Waals surface area contributed by atoms with Gasteiger partial charge in [-0.2, -0.15) is 0 Å². The van der Waals surface area contributed by atoms with Crippen LogP contribution in [0.2, 0.25) is 0 Å². The van der Waals surface area contributed by atoms with Gasteiger partial charge in [0.15, 0.2) is 0 Å². The van der Waals surface area contributed by atoms with Crippen LogP contribution in [-0.4, -0.2) is 45.8 Å². The molecule has 1 saturated carbocycles. The Hall–Kier alpha value is -1.98. The van der Waals surface area contributed by atoms with E-state index < -0.39 is 0 Å². The lowest BCUT2D eigenvalue weighted by atomic mass is 9.97. The molecule has 22 heavy (non-hydrogen) atoms. The molecule has 6 nitrogen and oxygen atoms in total. The van der Waals surface area contributed by atoms with Crippen molar-refractivity contribution in [3.63, 3.8) is 0 Å². The Kier molecular flexibility index (Phi) is 4.65. The molecule has 0 radical (unpaired) electrons. The summed E-state index contributed by atoms with van der Waals surface area (Å²) < 4.78 is 0. The summed E-state index contributed by atoms with van der Waals surface area (Å²) in [6.45, 7) is 0.960. The van der Waals surface area contributed by atoms with E-state index in [1.807, 2.05) is 0 Å². The summed E-state index contributed by atoms with van der Waals surface area (Å²) >= 11 is 0. The van der Waals surface area contributed by atoms with Crippen molar-refractivity contribution in [2.45, 2.75) is 44.6 Å². The van der Waals surface area contributed by atoms with Gasteiger partial charge in [0.05, 0.1) is 12.1 Å². The van der Waals surface area contributed by atoms with Crippen LogP contribution < -0.4 is 5.32 Å². The summed E-state index contributed by atoms with van der Waals surface area (Å²) in [5.41, 5.74) is 0.338. The summed E-state index contributed by atoms with van der Waals surface area (Å²) in [7, 11) is 0. The van der Waals surface area contributed by atoms with Gasteiger partial charge in [-0.25, -0.2) is 4.98 Å². The number of carbonyl (C=O) groups excluding carboxylic acids is 2. The number of amides is 2. The zero-order chi connectivity index (χ0) is 15.4. The largest absolute Gasteiger partial charge is 0.353 e. The lowest BCUT2D eigenvalue weighted by molar-refractivity contribution is -0.129. The van der Waals surface area contributed by atoms with Gasteiger partial charge >= 0.3 is 0 Å². The highest BCUT2D eigenvalue weighted by Crippen LogP contribution is 2.21. The van der Waals surface area contributed by atoms with Crippen molar-refractivity contribution in [2.24, 2.45) is 5.92 Å². The first-order chi connectivity index (χ1) is 10.7. The summed E-state index contributed by atoms with van der Waals surface area (Å²) in [5.74, 6) is -0.134. The Labute approximate surface area is 130 Å². The maximum absolute atomic E-state index is 12.2. The van der Waals surface area contributed by atoms with Crippen molar-refractivity contribution in [2.75, 3.05) is 13.1 Å². The number of nitrogens with one attached hydrogen (secondary N) is 1. The lowest BCUT2D eigenvalue weighted by Crippen LogP contribution is -2.57. The fourth-order valence-electron chi connectivity index (χ4n) is 3.12. The number of hydrogen-bond donors (Lipinski definition) is 1. The third-order valence-corrected chi connectivity index (χ3v) is 4.52. The van der Waals surface area contributed by atoms with Gasteiger partial charge in [-0.05, 0) is 12.8 Å². The summed E-state index contributed by atoms with van der Waals surface area (Å²) in [5, 5.41) is 3.16. The minimum absolute atomic E-state index is 0.0797. The molecule has 1 aliphatic carbocycles. The molecular formula is C16H22N4O2. The molecule has 2 fully saturated rings. The first-order valence-electron chi connectivity index (χ1n) is 8.09. The van der Waals surface area contributed by atoms with E-state index in [0.717, 1.165) is 12.8 Å². The van der Waals surface area contributed by atoms with Crippen molar-refractivity contribution < 1.29 is 9.59 Å². The third-order valence-electron chi connectivity index (χ3n) is 4.52. The van der Waals surface area contributed by atoms with Crippen LogP contribution in [0.4, 0.5) is 0 Å².